The second kappa shape index (κ2) is 21.8. The lowest BCUT2D eigenvalue weighted by Crippen LogP contribution is -2.57. The first-order chi connectivity index (χ1) is 30.4. The van der Waals surface area contributed by atoms with Gasteiger partial charge < -0.3 is 62.9 Å². The molecule has 6 rings (SSSR count). The van der Waals surface area contributed by atoms with Crippen molar-refractivity contribution in [3.8, 4) is 0 Å². The number of allylic oxidation sites excluding steroid dienone is 2. The number of carbonyl (C=O) groups excluding carboxylic acids is 1. The first-order valence-electron chi connectivity index (χ1n) is 23.7. The minimum Gasteiger partial charge on any atom is -0.462 e. The van der Waals surface area contributed by atoms with E-state index in [0.29, 0.717) is 30.4 Å². The molecule has 0 amide bonds. The highest BCUT2D eigenvalue weighted by atomic mass is 16.7. The predicted molar refractivity (Wildman–Crippen MR) is 241 cm³/mol. The van der Waals surface area contributed by atoms with Crippen LogP contribution in [0, 0.1) is 23.7 Å². The quantitative estimate of drug-likeness (QED) is 0.176. The van der Waals surface area contributed by atoms with E-state index in [9.17, 15) is 15.0 Å². The van der Waals surface area contributed by atoms with Gasteiger partial charge in [-0.05, 0) is 83.7 Å². The van der Waals surface area contributed by atoms with Crippen LogP contribution in [-0.2, 0) is 52.2 Å². The fourth-order valence-corrected chi connectivity index (χ4v) is 10.6. The predicted octanol–water partition coefficient (Wildman–Crippen LogP) is 6.24. The number of aliphatic hydroxyl groups excluding tert-OH is 1. The third-order valence-corrected chi connectivity index (χ3v) is 14.6. The number of esters is 1. The lowest BCUT2D eigenvalue weighted by molar-refractivity contribution is -0.312. The van der Waals surface area contributed by atoms with Gasteiger partial charge in [0.05, 0.1) is 55.4 Å². The van der Waals surface area contributed by atoms with Crippen LogP contribution in [0.5, 0.6) is 0 Å². The molecule has 0 aromatic carbocycles. The van der Waals surface area contributed by atoms with Gasteiger partial charge in [-0.25, -0.2) is 0 Å². The first-order valence-corrected chi connectivity index (χ1v) is 23.7. The SMILES string of the molecule is CCC(C)[C@H]1O[C@]2(C=C[C@@H]1C)C[C@H](C)OC(=O)[C@H]1C=C(C)[C@@H](O)C3OC/C(=C\C=C\[C@H](C)[C@H](O[C@H]4C[C@H](OC)[C@@H](O[C@H]5C[C@H](OC)[C@H](NC)[C@H](C)O5)[C@H](C)O4)/C(C)=C/C[C@H](C)O2)C31O. The molecule has 1 aliphatic carbocycles. The molecule has 0 saturated carbocycles. The van der Waals surface area contributed by atoms with Crippen molar-refractivity contribution in [3.05, 3.63) is 59.3 Å². The molecular formula is C50H79NO13. The van der Waals surface area contributed by atoms with Crippen molar-refractivity contribution in [2.24, 2.45) is 23.7 Å². The minimum atomic E-state index is -1.85. The summed E-state index contributed by atoms with van der Waals surface area (Å²) in [4.78, 5) is 14.2. The average Bonchev–Trinajstić information content (AvgIpc) is 3.60. The Labute approximate surface area is 382 Å². The number of cyclic esters (lactones) is 1. The molecule has 0 aromatic heterocycles. The van der Waals surface area contributed by atoms with Crippen molar-refractivity contribution in [2.45, 2.75) is 198 Å². The van der Waals surface area contributed by atoms with Gasteiger partial charge in [0, 0.05) is 45.3 Å². The maximum Gasteiger partial charge on any atom is 0.316 e. The molecule has 5 heterocycles. The van der Waals surface area contributed by atoms with E-state index in [2.05, 4.69) is 52.1 Å². The molecule has 14 nitrogen and oxygen atoms in total. The van der Waals surface area contributed by atoms with Gasteiger partial charge in [0.2, 0.25) is 0 Å². The summed E-state index contributed by atoms with van der Waals surface area (Å²) in [6, 6.07) is 0.0419. The Kier molecular flexibility index (Phi) is 17.4. The smallest absolute Gasteiger partial charge is 0.316 e. The van der Waals surface area contributed by atoms with Gasteiger partial charge in [-0.3, -0.25) is 4.79 Å². The molecule has 5 aliphatic heterocycles. The largest absolute Gasteiger partial charge is 0.462 e. The molecule has 6 aliphatic rings. The summed E-state index contributed by atoms with van der Waals surface area (Å²) in [5.41, 5.74) is 0.139. The van der Waals surface area contributed by atoms with Crippen molar-refractivity contribution in [3.63, 3.8) is 0 Å². The van der Waals surface area contributed by atoms with Crippen LogP contribution in [0.25, 0.3) is 0 Å². The van der Waals surface area contributed by atoms with Gasteiger partial charge in [-0.15, -0.1) is 0 Å². The second-order valence-corrected chi connectivity index (χ2v) is 19.4. The second-order valence-electron chi connectivity index (χ2n) is 19.4. The lowest BCUT2D eigenvalue weighted by atomic mass is 9.71. The summed E-state index contributed by atoms with van der Waals surface area (Å²) in [5, 5.41) is 27.0. The van der Waals surface area contributed by atoms with Crippen LogP contribution in [-0.4, -0.2) is 141 Å². The zero-order valence-electron chi connectivity index (χ0n) is 40.6. The normalized spacial score (nSPS) is 47.5. The fraction of sp³-hybridized carbons (Fsp3) is 0.780. The molecule has 14 heteroatoms. The van der Waals surface area contributed by atoms with E-state index >= 15 is 0 Å². The minimum absolute atomic E-state index is 0.0291. The Morgan fingerprint density at radius 1 is 0.906 bits per heavy atom. The highest BCUT2D eigenvalue weighted by molar-refractivity contribution is 5.78. The molecule has 3 saturated heterocycles. The topological polar surface area (TPSA) is 162 Å². The summed E-state index contributed by atoms with van der Waals surface area (Å²) >= 11 is 0. The highest BCUT2D eigenvalue weighted by Crippen LogP contribution is 2.46. The molecule has 20 atom stereocenters. The van der Waals surface area contributed by atoms with Crippen molar-refractivity contribution < 1.29 is 62.4 Å². The van der Waals surface area contributed by atoms with Crippen LogP contribution in [0.4, 0.5) is 0 Å². The van der Waals surface area contributed by atoms with Gasteiger partial charge in [-0.1, -0.05) is 70.6 Å². The standard InChI is InChI=1S/C50H79NO13/c1-14-27(2)45-30(5)20-21-49(64-45)25-33(8)58-48(53)37-22-31(6)43(52)47-50(37,54)36(26-57-47)17-15-16-28(3)44(29(4)18-19-32(7)63-49)61-41-24-39(56-13)46(35(10)60-41)62-40-23-38(55-12)42(51-11)34(9)59-40/h15-18,20-22,27-28,30,32-35,37-47,51-52,54H,14,19,23-26H2,1-13H3/b16-15+,29-18+,36-17+/t27?,28-,30-,32-,33-,34-,35-,37+,38-,39-,40-,41-,42+,43+,44-,45+,46-,47?,49+,50?/m0/s1. The average molecular weight is 902 g/mol. The number of ether oxygens (including phenoxy) is 10. The summed E-state index contributed by atoms with van der Waals surface area (Å²) in [5.74, 6) is -2.71. The van der Waals surface area contributed by atoms with E-state index in [4.69, 9.17) is 47.4 Å². The number of likely N-dealkylation sites (N-methyl/N-ethyl adjacent to an activating group) is 1. The number of methoxy groups -OCH3 is 2. The van der Waals surface area contributed by atoms with Crippen molar-refractivity contribution in [1.82, 2.24) is 5.32 Å². The number of hydrogen-bond donors (Lipinski definition) is 3. The zero-order chi connectivity index (χ0) is 46.7. The Hall–Kier alpha value is -2.31. The Morgan fingerprint density at radius 3 is 2.28 bits per heavy atom. The Morgan fingerprint density at radius 2 is 1.59 bits per heavy atom. The third-order valence-electron chi connectivity index (χ3n) is 14.6. The van der Waals surface area contributed by atoms with Gasteiger partial charge in [-0.2, -0.15) is 0 Å². The summed E-state index contributed by atoms with van der Waals surface area (Å²) in [6.07, 6.45) is 10.1. The summed E-state index contributed by atoms with van der Waals surface area (Å²) in [6.45, 7) is 20.2. The van der Waals surface area contributed by atoms with Gasteiger partial charge >= 0.3 is 5.97 Å². The van der Waals surface area contributed by atoms with Crippen LogP contribution in [0.15, 0.2) is 59.3 Å². The summed E-state index contributed by atoms with van der Waals surface area (Å²) in [7, 11) is 5.30. The van der Waals surface area contributed by atoms with Gasteiger partial charge in [0.1, 0.15) is 35.9 Å². The van der Waals surface area contributed by atoms with E-state index in [1.165, 1.54) is 0 Å². The molecule has 1 spiro atoms. The van der Waals surface area contributed by atoms with E-state index in [-0.39, 0.29) is 73.4 Å². The molecule has 0 bridgehead atoms. The summed E-state index contributed by atoms with van der Waals surface area (Å²) < 4.78 is 64.4. The number of rotatable bonds is 9. The van der Waals surface area contributed by atoms with Crippen LogP contribution in [0.3, 0.4) is 0 Å². The Balaban J connectivity index is 1.30. The third kappa shape index (κ3) is 11.0. The van der Waals surface area contributed by atoms with Crippen LogP contribution in [0.1, 0.15) is 101 Å². The maximum absolute atomic E-state index is 14.2. The monoisotopic (exact) mass is 902 g/mol. The van der Waals surface area contributed by atoms with E-state index < -0.39 is 66.4 Å². The van der Waals surface area contributed by atoms with Crippen LogP contribution in [0.2, 0.25) is 0 Å². The molecule has 3 N–H and O–H groups in total. The molecule has 0 aromatic rings. The molecule has 362 valence electrons. The van der Waals surface area contributed by atoms with Gasteiger partial charge in [0.15, 0.2) is 18.4 Å². The molecular weight excluding hydrogens is 823 g/mol. The molecule has 3 unspecified atom stereocenters. The van der Waals surface area contributed by atoms with Crippen molar-refractivity contribution >= 4 is 5.97 Å². The lowest BCUT2D eigenvalue weighted by Gasteiger charge is -2.45. The van der Waals surface area contributed by atoms with E-state index in [1.807, 2.05) is 53.0 Å². The first kappa shape index (κ1) is 51.1. The van der Waals surface area contributed by atoms with Crippen molar-refractivity contribution in [1.29, 1.82) is 0 Å². The molecule has 3 fully saturated rings. The van der Waals surface area contributed by atoms with Gasteiger partial charge in [0.25, 0.3) is 0 Å². The van der Waals surface area contributed by atoms with Crippen LogP contribution < -0.4 is 5.32 Å². The molecule has 64 heavy (non-hydrogen) atoms. The Bertz CT molecular complexity index is 1730. The van der Waals surface area contributed by atoms with E-state index in [1.54, 1.807) is 33.3 Å². The highest BCUT2D eigenvalue weighted by Gasteiger charge is 2.60. The van der Waals surface area contributed by atoms with Crippen molar-refractivity contribution in [2.75, 3.05) is 27.9 Å². The maximum atomic E-state index is 14.2. The molecule has 0 radical (unpaired) electrons. The number of carbonyl (C=O) groups is 1. The number of aliphatic hydroxyl groups is 2. The number of hydrogen-bond acceptors (Lipinski definition) is 14. The van der Waals surface area contributed by atoms with E-state index in [0.717, 1.165) is 12.0 Å². The fourth-order valence-electron chi connectivity index (χ4n) is 10.6. The zero-order valence-corrected chi connectivity index (χ0v) is 40.6. The van der Waals surface area contributed by atoms with Crippen LogP contribution >= 0.6 is 0 Å². The number of nitrogens with one attached hydrogen (secondary N) is 1.